The van der Waals surface area contributed by atoms with E-state index in [9.17, 15) is 4.79 Å². The highest BCUT2D eigenvalue weighted by Gasteiger charge is 2.34. The normalized spacial score (nSPS) is 13.9. The summed E-state index contributed by atoms with van der Waals surface area (Å²) < 4.78 is 10.2. The van der Waals surface area contributed by atoms with E-state index in [2.05, 4.69) is 5.32 Å². The smallest absolute Gasteiger partial charge is 0.330 e. The number of rotatable bonds is 5. The van der Waals surface area contributed by atoms with Crippen molar-refractivity contribution in [1.29, 1.82) is 0 Å². The van der Waals surface area contributed by atoms with Gasteiger partial charge < -0.3 is 14.8 Å². The van der Waals surface area contributed by atoms with Gasteiger partial charge in [0.1, 0.15) is 11.3 Å². The second-order valence-corrected chi connectivity index (χ2v) is 3.82. The van der Waals surface area contributed by atoms with Gasteiger partial charge in [-0.15, -0.1) is 0 Å². The lowest BCUT2D eigenvalue weighted by atomic mass is 9.92. The molecular weight excluding hydrogens is 218 g/mol. The molecule has 4 nitrogen and oxygen atoms in total. The van der Waals surface area contributed by atoms with Crippen LogP contribution in [0.5, 0.6) is 5.75 Å². The van der Waals surface area contributed by atoms with Crippen LogP contribution in [-0.2, 0) is 15.1 Å². The van der Waals surface area contributed by atoms with Gasteiger partial charge in [0, 0.05) is 0 Å². The highest BCUT2D eigenvalue weighted by Crippen LogP contribution is 2.24. The van der Waals surface area contributed by atoms with Gasteiger partial charge in [-0.2, -0.15) is 0 Å². The zero-order valence-corrected chi connectivity index (χ0v) is 10.7. The topological polar surface area (TPSA) is 47.6 Å². The van der Waals surface area contributed by atoms with E-state index >= 15 is 0 Å². The van der Waals surface area contributed by atoms with Gasteiger partial charge in [0.25, 0.3) is 0 Å². The molecule has 0 heterocycles. The van der Waals surface area contributed by atoms with Crippen LogP contribution >= 0.6 is 0 Å². The van der Waals surface area contributed by atoms with Crippen molar-refractivity contribution in [3.63, 3.8) is 0 Å². The molecule has 0 radical (unpaired) electrons. The van der Waals surface area contributed by atoms with Crippen molar-refractivity contribution in [2.75, 3.05) is 20.8 Å². The number of methoxy groups -OCH3 is 1. The summed E-state index contributed by atoms with van der Waals surface area (Å²) in [6.07, 6.45) is 0. The number of carbonyl (C=O) groups excluding carboxylic acids is 1. The molecule has 0 fully saturated rings. The second kappa shape index (κ2) is 5.68. The van der Waals surface area contributed by atoms with E-state index in [1.54, 1.807) is 14.0 Å². The Balaban J connectivity index is 3.00. The van der Waals surface area contributed by atoms with Crippen LogP contribution in [0, 0.1) is 0 Å². The van der Waals surface area contributed by atoms with E-state index in [0.717, 1.165) is 11.3 Å². The maximum absolute atomic E-state index is 11.8. The maximum atomic E-state index is 11.8. The minimum atomic E-state index is -0.834. The van der Waals surface area contributed by atoms with E-state index in [1.807, 2.05) is 31.2 Å². The SMILES string of the molecule is CCOc1ccc(C(C)(NC)C(=O)OC)cc1. The van der Waals surface area contributed by atoms with Crippen LogP contribution in [0.15, 0.2) is 24.3 Å². The molecule has 1 N–H and O–H groups in total. The third kappa shape index (κ3) is 2.77. The van der Waals surface area contributed by atoms with Crippen molar-refractivity contribution in [2.24, 2.45) is 0 Å². The van der Waals surface area contributed by atoms with Crippen molar-refractivity contribution < 1.29 is 14.3 Å². The lowest BCUT2D eigenvalue weighted by molar-refractivity contribution is -0.148. The van der Waals surface area contributed by atoms with Crippen molar-refractivity contribution in [2.45, 2.75) is 19.4 Å². The van der Waals surface area contributed by atoms with Gasteiger partial charge in [-0.3, -0.25) is 0 Å². The molecule has 1 unspecified atom stereocenters. The van der Waals surface area contributed by atoms with Crippen LogP contribution in [-0.4, -0.2) is 26.7 Å². The van der Waals surface area contributed by atoms with Gasteiger partial charge in [0.2, 0.25) is 0 Å². The predicted molar refractivity (Wildman–Crippen MR) is 66.0 cm³/mol. The average Bonchev–Trinajstić information content (AvgIpc) is 2.38. The van der Waals surface area contributed by atoms with Crippen LogP contribution in [0.3, 0.4) is 0 Å². The summed E-state index contributed by atoms with van der Waals surface area (Å²) in [5.74, 6) is 0.476. The lowest BCUT2D eigenvalue weighted by Crippen LogP contribution is -2.45. The van der Waals surface area contributed by atoms with Gasteiger partial charge in [-0.05, 0) is 38.6 Å². The third-order valence-electron chi connectivity index (χ3n) is 2.84. The molecule has 0 amide bonds. The quantitative estimate of drug-likeness (QED) is 0.792. The van der Waals surface area contributed by atoms with Gasteiger partial charge in [0.15, 0.2) is 0 Å². The van der Waals surface area contributed by atoms with E-state index < -0.39 is 5.54 Å². The van der Waals surface area contributed by atoms with Crippen LogP contribution in [0.2, 0.25) is 0 Å². The number of likely N-dealkylation sites (N-methyl/N-ethyl adjacent to an activating group) is 1. The molecule has 0 saturated carbocycles. The number of hydrogen-bond acceptors (Lipinski definition) is 4. The summed E-state index contributed by atoms with van der Waals surface area (Å²) >= 11 is 0. The number of nitrogens with one attached hydrogen (secondary N) is 1. The number of ether oxygens (including phenoxy) is 2. The molecule has 0 aliphatic carbocycles. The van der Waals surface area contributed by atoms with Gasteiger partial charge in [-0.25, -0.2) is 4.79 Å². The summed E-state index contributed by atoms with van der Waals surface area (Å²) in [4.78, 5) is 11.8. The van der Waals surface area contributed by atoms with Crippen LogP contribution in [0.1, 0.15) is 19.4 Å². The number of hydrogen-bond donors (Lipinski definition) is 1. The number of esters is 1. The van der Waals surface area contributed by atoms with Crippen molar-refractivity contribution >= 4 is 5.97 Å². The summed E-state index contributed by atoms with van der Waals surface area (Å²) in [5, 5.41) is 2.98. The molecule has 4 heteroatoms. The molecule has 1 rings (SSSR count). The molecule has 1 atom stereocenters. The van der Waals surface area contributed by atoms with Gasteiger partial charge in [-0.1, -0.05) is 12.1 Å². The molecule has 0 aliphatic rings. The monoisotopic (exact) mass is 237 g/mol. The van der Waals surface area contributed by atoms with Crippen molar-refractivity contribution in [1.82, 2.24) is 5.32 Å². The standard InChI is InChI=1S/C13H19NO3/c1-5-17-11-8-6-10(7-9-11)13(2,14-3)12(15)16-4/h6-9,14H,5H2,1-4H3. The zero-order valence-electron chi connectivity index (χ0n) is 10.7. The van der Waals surface area contributed by atoms with Gasteiger partial charge in [0.05, 0.1) is 13.7 Å². The minimum absolute atomic E-state index is 0.316. The van der Waals surface area contributed by atoms with E-state index in [-0.39, 0.29) is 5.97 Å². The summed E-state index contributed by atoms with van der Waals surface area (Å²) in [6.45, 7) is 4.34. The number of benzene rings is 1. The molecule has 0 spiro atoms. The molecule has 1 aromatic rings. The molecule has 0 saturated heterocycles. The first-order valence-electron chi connectivity index (χ1n) is 5.59. The molecular formula is C13H19NO3. The fraction of sp³-hybridized carbons (Fsp3) is 0.462. The molecule has 0 bridgehead atoms. The summed E-state index contributed by atoms with van der Waals surface area (Å²) in [6, 6.07) is 7.41. The van der Waals surface area contributed by atoms with E-state index in [1.165, 1.54) is 7.11 Å². The highest BCUT2D eigenvalue weighted by atomic mass is 16.5. The molecule has 94 valence electrons. The van der Waals surface area contributed by atoms with E-state index in [4.69, 9.17) is 9.47 Å². The molecule has 0 aliphatic heterocycles. The Morgan fingerprint density at radius 1 is 1.35 bits per heavy atom. The zero-order chi connectivity index (χ0) is 12.9. The molecule has 1 aromatic carbocycles. The fourth-order valence-corrected chi connectivity index (χ4v) is 1.62. The molecule has 0 aromatic heterocycles. The first-order chi connectivity index (χ1) is 8.08. The largest absolute Gasteiger partial charge is 0.494 e. The van der Waals surface area contributed by atoms with Crippen molar-refractivity contribution in [3.05, 3.63) is 29.8 Å². The van der Waals surface area contributed by atoms with Crippen LogP contribution < -0.4 is 10.1 Å². The molecule has 17 heavy (non-hydrogen) atoms. The average molecular weight is 237 g/mol. The minimum Gasteiger partial charge on any atom is -0.494 e. The predicted octanol–water partition coefficient (Wildman–Crippen LogP) is 1.69. The Bertz CT molecular complexity index is 375. The maximum Gasteiger partial charge on any atom is 0.330 e. The summed E-state index contributed by atoms with van der Waals surface area (Å²) in [7, 11) is 3.11. The Labute approximate surface area is 102 Å². The number of carbonyl (C=O) groups is 1. The first kappa shape index (κ1) is 13.5. The van der Waals surface area contributed by atoms with Crippen molar-refractivity contribution in [3.8, 4) is 5.75 Å². The van der Waals surface area contributed by atoms with Crippen LogP contribution in [0.25, 0.3) is 0 Å². The van der Waals surface area contributed by atoms with E-state index in [0.29, 0.717) is 6.61 Å². The summed E-state index contributed by atoms with van der Waals surface area (Å²) in [5.41, 5.74) is 0.00904. The third-order valence-corrected chi connectivity index (χ3v) is 2.84. The Hall–Kier alpha value is -1.55. The Morgan fingerprint density at radius 2 is 1.94 bits per heavy atom. The van der Waals surface area contributed by atoms with Crippen LogP contribution in [0.4, 0.5) is 0 Å². The van der Waals surface area contributed by atoms with Gasteiger partial charge >= 0.3 is 5.97 Å². The second-order valence-electron chi connectivity index (χ2n) is 3.82. The Kier molecular flexibility index (Phi) is 4.52. The Morgan fingerprint density at radius 3 is 2.35 bits per heavy atom. The first-order valence-corrected chi connectivity index (χ1v) is 5.59. The highest BCUT2D eigenvalue weighted by molar-refractivity contribution is 5.82. The lowest BCUT2D eigenvalue weighted by Gasteiger charge is -2.26. The fourth-order valence-electron chi connectivity index (χ4n) is 1.62.